The van der Waals surface area contributed by atoms with Crippen LogP contribution in [0.3, 0.4) is 0 Å². The summed E-state index contributed by atoms with van der Waals surface area (Å²) in [5.74, 6) is 0.131. The van der Waals surface area contributed by atoms with Crippen LogP contribution in [-0.2, 0) is 10.2 Å². The highest BCUT2D eigenvalue weighted by Gasteiger charge is 2.24. The van der Waals surface area contributed by atoms with Crippen LogP contribution in [0.25, 0.3) is 5.69 Å². The molecule has 3 rings (SSSR count). The minimum atomic E-state index is -0.273. The lowest BCUT2D eigenvalue weighted by Gasteiger charge is -2.21. The predicted octanol–water partition coefficient (Wildman–Crippen LogP) is 6.16. The molecule has 0 saturated carbocycles. The first-order chi connectivity index (χ1) is 15.7. The van der Waals surface area contributed by atoms with E-state index in [0.29, 0.717) is 27.9 Å². The van der Waals surface area contributed by atoms with Gasteiger partial charge in [0.1, 0.15) is 12.4 Å². The van der Waals surface area contributed by atoms with Gasteiger partial charge in [-0.2, -0.15) is 5.10 Å². The molecular weight excluding hydrogens is 456 g/mol. The summed E-state index contributed by atoms with van der Waals surface area (Å²) < 4.78 is 1.66. The lowest BCUT2D eigenvalue weighted by atomic mass is 9.92. The molecule has 0 atom stereocenters. The Labute approximate surface area is 204 Å². The van der Waals surface area contributed by atoms with Crippen molar-refractivity contribution >= 4 is 40.6 Å². The maximum atomic E-state index is 13.1. The van der Waals surface area contributed by atoms with E-state index in [0.717, 1.165) is 25.0 Å². The molecule has 2 aromatic heterocycles. The van der Waals surface area contributed by atoms with Crippen LogP contribution in [0, 0.1) is 0 Å². The standard InChI is InChI=1S/C25H31ClN4O2S/c1-5-6-9-14-29(24(32)20-13-10-15-33-20)17-23(31)27-22-16-21(25(2,3)4)28-30(22)19-12-8-7-11-18(19)26/h7-8,10-13,15-16H,5-6,9,14,17H2,1-4H3,(H,27,31). The van der Waals surface area contributed by atoms with Gasteiger partial charge < -0.3 is 10.2 Å². The van der Waals surface area contributed by atoms with Crippen molar-refractivity contribution in [2.24, 2.45) is 0 Å². The van der Waals surface area contributed by atoms with Gasteiger partial charge in [0.2, 0.25) is 5.91 Å². The Balaban J connectivity index is 1.84. The van der Waals surface area contributed by atoms with E-state index in [2.05, 4.69) is 33.0 Å². The second-order valence-corrected chi connectivity index (χ2v) is 10.3. The lowest BCUT2D eigenvalue weighted by Crippen LogP contribution is -2.38. The number of thiophene rings is 1. The maximum Gasteiger partial charge on any atom is 0.264 e. The molecule has 0 unspecified atom stereocenters. The Morgan fingerprint density at radius 1 is 1.15 bits per heavy atom. The molecule has 0 saturated heterocycles. The zero-order valence-corrected chi connectivity index (χ0v) is 21.2. The number of carbonyl (C=O) groups is 2. The van der Waals surface area contributed by atoms with Crippen LogP contribution in [0.4, 0.5) is 5.82 Å². The third kappa shape index (κ3) is 6.45. The van der Waals surface area contributed by atoms with Gasteiger partial charge in [0.05, 0.1) is 21.3 Å². The summed E-state index contributed by atoms with van der Waals surface area (Å²) in [5.41, 5.74) is 1.29. The zero-order chi connectivity index (χ0) is 24.0. The first-order valence-corrected chi connectivity index (χ1v) is 12.4. The Bertz CT molecular complexity index is 1090. The van der Waals surface area contributed by atoms with Crippen LogP contribution >= 0.6 is 22.9 Å². The number of carbonyl (C=O) groups excluding carboxylic acids is 2. The molecule has 1 N–H and O–H groups in total. The Morgan fingerprint density at radius 2 is 1.91 bits per heavy atom. The van der Waals surface area contributed by atoms with Crippen LogP contribution in [0.5, 0.6) is 0 Å². The molecule has 8 heteroatoms. The summed E-state index contributed by atoms with van der Waals surface area (Å²) in [6, 6.07) is 12.9. The van der Waals surface area contributed by atoms with Gasteiger partial charge in [-0.05, 0) is 30.0 Å². The molecule has 0 spiro atoms. The van der Waals surface area contributed by atoms with Crippen LogP contribution in [0.1, 0.15) is 62.3 Å². The van der Waals surface area contributed by atoms with Crippen LogP contribution in [0.2, 0.25) is 5.02 Å². The van der Waals surface area contributed by atoms with Crippen molar-refractivity contribution in [2.45, 2.75) is 52.4 Å². The molecule has 3 aromatic rings. The monoisotopic (exact) mass is 486 g/mol. The molecule has 1 aromatic carbocycles. The van der Waals surface area contributed by atoms with Crippen molar-refractivity contribution in [3.63, 3.8) is 0 Å². The average Bonchev–Trinajstić information content (AvgIpc) is 3.43. The average molecular weight is 487 g/mol. The number of aromatic nitrogens is 2. The van der Waals surface area contributed by atoms with E-state index in [1.165, 1.54) is 11.3 Å². The first-order valence-electron chi connectivity index (χ1n) is 11.2. The third-order valence-electron chi connectivity index (χ3n) is 5.21. The zero-order valence-electron chi connectivity index (χ0n) is 19.6. The van der Waals surface area contributed by atoms with Crippen molar-refractivity contribution in [1.29, 1.82) is 0 Å². The molecule has 0 aliphatic carbocycles. The summed E-state index contributed by atoms with van der Waals surface area (Å²) in [7, 11) is 0. The van der Waals surface area contributed by atoms with Crippen LogP contribution < -0.4 is 5.32 Å². The second kappa shape index (κ2) is 11.0. The van der Waals surface area contributed by atoms with E-state index in [4.69, 9.17) is 16.7 Å². The van der Waals surface area contributed by atoms with Crippen molar-refractivity contribution in [3.8, 4) is 5.69 Å². The number of nitrogens with one attached hydrogen (secondary N) is 1. The summed E-state index contributed by atoms with van der Waals surface area (Å²) >= 11 is 7.80. The van der Waals surface area contributed by atoms with E-state index >= 15 is 0 Å². The SMILES string of the molecule is CCCCCN(CC(=O)Nc1cc(C(C)(C)C)nn1-c1ccccc1Cl)C(=O)c1cccs1. The quantitative estimate of drug-likeness (QED) is 0.368. The van der Waals surface area contributed by atoms with Crippen molar-refractivity contribution in [3.05, 3.63) is 63.4 Å². The molecule has 0 aliphatic rings. The number of benzene rings is 1. The third-order valence-corrected chi connectivity index (χ3v) is 6.39. The number of anilines is 1. The van der Waals surface area contributed by atoms with Crippen molar-refractivity contribution in [2.75, 3.05) is 18.4 Å². The van der Waals surface area contributed by atoms with E-state index in [-0.39, 0.29) is 23.8 Å². The summed E-state index contributed by atoms with van der Waals surface area (Å²) in [5, 5.41) is 10.1. The van der Waals surface area contributed by atoms with Crippen molar-refractivity contribution in [1.82, 2.24) is 14.7 Å². The highest BCUT2D eigenvalue weighted by molar-refractivity contribution is 7.12. The summed E-state index contributed by atoms with van der Waals surface area (Å²) in [6.07, 6.45) is 2.90. The van der Waals surface area contributed by atoms with E-state index in [9.17, 15) is 9.59 Å². The molecule has 2 amide bonds. The second-order valence-electron chi connectivity index (χ2n) is 8.99. The lowest BCUT2D eigenvalue weighted by molar-refractivity contribution is -0.116. The van der Waals surface area contributed by atoms with E-state index < -0.39 is 0 Å². The largest absolute Gasteiger partial charge is 0.329 e. The first kappa shape index (κ1) is 25.0. The van der Waals surface area contributed by atoms with Gasteiger partial charge in [-0.25, -0.2) is 4.68 Å². The Hall–Kier alpha value is -2.64. The topological polar surface area (TPSA) is 67.2 Å². The molecule has 0 fully saturated rings. The number of para-hydroxylation sites is 1. The highest BCUT2D eigenvalue weighted by atomic mass is 35.5. The molecular formula is C25H31ClN4O2S. The molecule has 33 heavy (non-hydrogen) atoms. The number of unbranched alkanes of at least 4 members (excludes halogenated alkanes) is 2. The minimum absolute atomic E-state index is 0.0288. The number of rotatable bonds is 9. The van der Waals surface area contributed by atoms with E-state index in [1.807, 2.05) is 35.7 Å². The Kier molecular flexibility index (Phi) is 8.32. The van der Waals surface area contributed by atoms with Gasteiger partial charge in [-0.1, -0.05) is 70.3 Å². The number of nitrogens with zero attached hydrogens (tertiary/aromatic N) is 3. The maximum absolute atomic E-state index is 13.1. The normalized spacial score (nSPS) is 11.4. The fourth-order valence-electron chi connectivity index (χ4n) is 3.36. The minimum Gasteiger partial charge on any atom is -0.329 e. The molecule has 176 valence electrons. The molecule has 6 nitrogen and oxygen atoms in total. The fourth-order valence-corrected chi connectivity index (χ4v) is 4.27. The molecule has 0 radical (unpaired) electrons. The summed E-state index contributed by atoms with van der Waals surface area (Å²) in [6.45, 7) is 8.81. The van der Waals surface area contributed by atoms with Gasteiger partial charge in [-0.3, -0.25) is 9.59 Å². The predicted molar refractivity (Wildman–Crippen MR) is 136 cm³/mol. The van der Waals surface area contributed by atoms with Gasteiger partial charge in [-0.15, -0.1) is 11.3 Å². The van der Waals surface area contributed by atoms with Crippen LogP contribution in [-0.4, -0.2) is 39.6 Å². The fraction of sp³-hybridized carbons (Fsp3) is 0.400. The van der Waals surface area contributed by atoms with Gasteiger partial charge in [0.25, 0.3) is 5.91 Å². The smallest absolute Gasteiger partial charge is 0.264 e. The van der Waals surface area contributed by atoms with Gasteiger partial charge in [0.15, 0.2) is 0 Å². The van der Waals surface area contributed by atoms with E-state index in [1.54, 1.807) is 21.7 Å². The van der Waals surface area contributed by atoms with Crippen LogP contribution in [0.15, 0.2) is 47.8 Å². The van der Waals surface area contributed by atoms with Crippen molar-refractivity contribution < 1.29 is 9.59 Å². The molecule has 0 aliphatic heterocycles. The number of hydrogen-bond acceptors (Lipinski definition) is 4. The summed E-state index contributed by atoms with van der Waals surface area (Å²) in [4.78, 5) is 28.3. The Morgan fingerprint density at radius 3 is 2.55 bits per heavy atom. The highest BCUT2D eigenvalue weighted by Crippen LogP contribution is 2.29. The number of hydrogen-bond donors (Lipinski definition) is 1. The van der Waals surface area contributed by atoms with Gasteiger partial charge in [0, 0.05) is 18.0 Å². The molecule has 2 heterocycles. The van der Waals surface area contributed by atoms with Gasteiger partial charge >= 0.3 is 0 Å². The number of amides is 2. The number of halogens is 1. The molecule has 0 bridgehead atoms.